The van der Waals surface area contributed by atoms with E-state index in [-0.39, 0.29) is 6.61 Å². The summed E-state index contributed by atoms with van der Waals surface area (Å²) >= 11 is 0. The number of aliphatic hydroxyl groups excluding tert-OH is 1. The lowest BCUT2D eigenvalue weighted by Gasteiger charge is -1.90. The molecule has 4 nitrogen and oxygen atoms in total. The average Bonchev–Trinajstić information content (AvgIpc) is 2.15. The molecule has 1 N–H and O–H groups in total. The number of rotatable bonds is 1. The molecule has 0 amide bonds. The summed E-state index contributed by atoms with van der Waals surface area (Å²) in [7, 11) is 1.79. The molecule has 1 heterocycles. The summed E-state index contributed by atoms with van der Waals surface area (Å²) in [4.78, 5) is 0. The summed E-state index contributed by atoms with van der Waals surface area (Å²) < 4.78 is 1.63. The maximum Gasteiger partial charge on any atom is 0.111 e. The summed E-state index contributed by atoms with van der Waals surface area (Å²) in [6, 6.07) is 0. The van der Waals surface area contributed by atoms with Crippen LogP contribution in [0, 0.1) is 6.92 Å². The van der Waals surface area contributed by atoms with Crippen molar-refractivity contribution in [1.82, 2.24) is 15.0 Å². The lowest BCUT2D eigenvalue weighted by atomic mass is 10.4. The number of hydrogen-bond acceptors (Lipinski definition) is 3. The van der Waals surface area contributed by atoms with Crippen molar-refractivity contribution in [2.75, 3.05) is 0 Å². The highest BCUT2D eigenvalue weighted by molar-refractivity contribution is 5.05. The molecule has 0 aliphatic carbocycles. The third-order valence-electron chi connectivity index (χ3n) is 1.35. The van der Waals surface area contributed by atoms with Crippen LogP contribution in [0.25, 0.3) is 0 Å². The molecule has 0 fully saturated rings. The quantitative estimate of drug-likeness (QED) is 0.559. The van der Waals surface area contributed by atoms with Crippen LogP contribution < -0.4 is 0 Å². The van der Waals surface area contributed by atoms with Crippen LogP contribution in [0.1, 0.15) is 11.4 Å². The fourth-order valence-corrected chi connectivity index (χ4v) is 0.593. The predicted molar refractivity (Wildman–Crippen MR) is 31.7 cm³/mol. The van der Waals surface area contributed by atoms with Crippen molar-refractivity contribution in [3.05, 3.63) is 11.4 Å². The average molecular weight is 127 g/mol. The van der Waals surface area contributed by atoms with Crippen LogP contribution in [-0.4, -0.2) is 20.1 Å². The monoisotopic (exact) mass is 127 g/mol. The molecule has 0 radical (unpaired) electrons. The first-order chi connectivity index (χ1) is 4.25. The third-order valence-corrected chi connectivity index (χ3v) is 1.35. The SMILES string of the molecule is Cc1c(CO)nnn1C. The predicted octanol–water partition coefficient (Wildman–Crippen LogP) is -0.384. The number of hydrogen-bond donors (Lipinski definition) is 1. The van der Waals surface area contributed by atoms with Crippen molar-refractivity contribution in [2.24, 2.45) is 7.05 Å². The summed E-state index contributed by atoms with van der Waals surface area (Å²) in [6.45, 7) is 1.84. The molecule has 0 aromatic carbocycles. The topological polar surface area (TPSA) is 50.9 Å². The molecule has 50 valence electrons. The van der Waals surface area contributed by atoms with E-state index < -0.39 is 0 Å². The number of aryl methyl sites for hydroxylation is 1. The first-order valence-corrected chi connectivity index (χ1v) is 2.71. The zero-order chi connectivity index (χ0) is 6.85. The summed E-state index contributed by atoms with van der Waals surface area (Å²) in [5, 5.41) is 16.0. The standard InChI is InChI=1S/C5H9N3O/c1-4-5(3-9)6-7-8(4)2/h9H,3H2,1-2H3. The van der Waals surface area contributed by atoms with Gasteiger partial charge in [0.15, 0.2) is 0 Å². The molecule has 4 heteroatoms. The minimum atomic E-state index is -0.0281. The van der Waals surface area contributed by atoms with E-state index in [2.05, 4.69) is 10.3 Å². The van der Waals surface area contributed by atoms with Gasteiger partial charge in [-0.3, -0.25) is 4.68 Å². The fourth-order valence-electron chi connectivity index (χ4n) is 0.593. The Bertz CT molecular complexity index is 206. The van der Waals surface area contributed by atoms with E-state index in [4.69, 9.17) is 5.11 Å². The second kappa shape index (κ2) is 2.14. The lowest BCUT2D eigenvalue weighted by Crippen LogP contribution is -1.93. The number of aliphatic hydroxyl groups is 1. The van der Waals surface area contributed by atoms with Crippen LogP contribution in [-0.2, 0) is 13.7 Å². The molecular formula is C5H9N3O. The molecule has 1 aromatic rings. The van der Waals surface area contributed by atoms with E-state index in [1.807, 2.05) is 6.92 Å². The van der Waals surface area contributed by atoms with Crippen molar-refractivity contribution in [2.45, 2.75) is 13.5 Å². The highest BCUT2D eigenvalue weighted by Crippen LogP contribution is 1.99. The van der Waals surface area contributed by atoms with Crippen molar-refractivity contribution in [3.8, 4) is 0 Å². The van der Waals surface area contributed by atoms with Gasteiger partial charge in [-0.15, -0.1) is 5.10 Å². The lowest BCUT2D eigenvalue weighted by molar-refractivity contribution is 0.276. The van der Waals surface area contributed by atoms with Gasteiger partial charge in [-0.05, 0) is 6.92 Å². The van der Waals surface area contributed by atoms with Gasteiger partial charge >= 0.3 is 0 Å². The molecule has 0 aliphatic heterocycles. The van der Waals surface area contributed by atoms with Gasteiger partial charge in [0.2, 0.25) is 0 Å². The van der Waals surface area contributed by atoms with Gasteiger partial charge in [0.25, 0.3) is 0 Å². The smallest absolute Gasteiger partial charge is 0.111 e. The van der Waals surface area contributed by atoms with E-state index in [1.54, 1.807) is 11.7 Å². The Morgan fingerprint density at radius 3 is 2.56 bits per heavy atom. The van der Waals surface area contributed by atoms with E-state index >= 15 is 0 Å². The molecule has 0 unspecified atom stereocenters. The maximum atomic E-state index is 8.62. The number of aromatic nitrogens is 3. The van der Waals surface area contributed by atoms with Gasteiger partial charge in [0.1, 0.15) is 5.69 Å². The second-order valence-corrected chi connectivity index (χ2v) is 1.90. The molecule has 0 aliphatic rings. The van der Waals surface area contributed by atoms with E-state index in [0.717, 1.165) is 5.69 Å². The Hall–Kier alpha value is -0.900. The van der Waals surface area contributed by atoms with Gasteiger partial charge in [0.05, 0.1) is 12.3 Å². The molecule has 1 rings (SSSR count). The van der Waals surface area contributed by atoms with Gasteiger partial charge < -0.3 is 5.11 Å². The van der Waals surface area contributed by atoms with E-state index in [1.165, 1.54) is 0 Å². The van der Waals surface area contributed by atoms with Crippen molar-refractivity contribution in [1.29, 1.82) is 0 Å². The van der Waals surface area contributed by atoms with Crippen LogP contribution in [0.5, 0.6) is 0 Å². The Morgan fingerprint density at radius 2 is 2.33 bits per heavy atom. The second-order valence-electron chi connectivity index (χ2n) is 1.90. The molecular weight excluding hydrogens is 118 g/mol. The van der Waals surface area contributed by atoms with Gasteiger partial charge in [-0.25, -0.2) is 0 Å². The molecule has 0 bridgehead atoms. The molecule has 9 heavy (non-hydrogen) atoms. The Morgan fingerprint density at radius 1 is 1.67 bits per heavy atom. The van der Waals surface area contributed by atoms with Crippen LogP contribution >= 0.6 is 0 Å². The van der Waals surface area contributed by atoms with Crippen molar-refractivity contribution < 1.29 is 5.11 Å². The molecule has 0 saturated heterocycles. The van der Waals surface area contributed by atoms with Crippen molar-refractivity contribution >= 4 is 0 Å². The molecule has 1 aromatic heterocycles. The largest absolute Gasteiger partial charge is 0.390 e. The van der Waals surface area contributed by atoms with Crippen LogP contribution in [0.4, 0.5) is 0 Å². The highest BCUT2D eigenvalue weighted by Gasteiger charge is 2.01. The van der Waals surface area contributed by atoms with Crippen molar-refractivity contribution in [3.63, 3.8) is 0 Å². The number of nitrogens with zero attached hydrogens (tertiary/aromatic N) is 3. The molecule has 0 atom stereocenters. The third kappa shape index (κ3) is 0.929. The highest BCUT2D eigenvalue weighted by atomic mass is 16.3. The van der Waals surface area contributed by atoms with Gasteiger partial charge in [0, 0.05) is 7.05 Å². The summed E-state index contributed by atoms with van der Waals surface area (Å²) in [5.74, 6) is 0. The molecule has 0 spiro atoms. The Balaban J connectivity index is 3.04. The Labute approximate surface area is 53.1 Å². The fraction of sp³-hybridized carbons (Fsp3) is 0.600. The minimum Gasteiger partial charge on any atom is -0.390 e. The Kier molecular flexibility index (Phi) is 1.48. The van der Waals surface area contributed by atoms with Crippen LogP contribution in [0.15, 0.2) is 0 Å². The van der Waals surface area contributed by atoms with E-state index in [9.17, 15) is 0 Å². The zero-order valence-corrected chi connectivity index (χ0v) is 5.50. The van der Waals surface area contributed by atoms with E-state index in [0.29, 0.717) is 5.69 Å². The summed E-state index contributed by atoms with van der Waals surface area (Å²) in [6.07, 6.45) is 0. The first-order valence-electron chi connectivity index (χ1n) is 2.71. The normalized spacial score (nSPS) is 10.1. The van der Waals surface area contributed by atoms with Gasteiger partial charge in [-0.2, -0.15) is 0 Å². The molecule has 0 saturated carbocycles. The minimum absolute atomic E-state index is 0.0281. The van der Waals surface area contributed by atoms with Crippen LogP contribution in [0.3, 0.4) is 0 Å². The first kappa shape index (κ1) is 6.22. The maximum absolute atomic E-state index is 8.62. The summed E-state index contributed by atoms with van der Waals surface area (Å²) in [5.41, 5.74) is 1.56. The van der Waals surface area contributed by atoms with Crippen LogP contribution in [0.2, 0.25) is 0 Å². The zero-order valence-electron chi connectivity index (χ0n) is 5.50. The van der Waals surface area contributed by atoms with Gasteiger partial charge in [-0.1, -0.05) is 5.21 Å².